The molecule has 0 saturated heterocycles. The van der Waals surface area contributed by atoms with E-state index in [1.165, 1.54) is 6.07 Å². The Balaban J connectivity index is 2.74. The minimum Gasteiger partial charge on any atom is -0.267 e. The number of carbonyl (C=O) groups is 1. The Hall–Kier alpha value is -1.06. The third-order valence-electron chi connectivity index (χ3n) is 1.71. The van der Waals surface area contributed by atoms with Gasteiger partial charge < -0.3 is 0 Å². The van der Waals surface area contributed by atoms with Crippen LogP contribution in [-0.4, -0.2) is 12.1 Å². The van der Waals surface area contributed by atoms with Gasteiger partial charge in [-0.25, -0.2) is 5.43 Å². The molecule has 0 heterocycles. The van der Waals surface area contributed by atoms with Crippen LogP contribution < -0.4 is 5.43 Å². The molecular formula is C11H12Cl2N2O. The van der Waals surface area contributed by atoms with Crippen molar-refractivity contribution in [2.75, 3.05) is 0 Å². The van der Waals surface area contributed by atoms with Gasteiger partial charge in [0.15, 0.2) is 0 Å². The van der Waals surface area contributed by atoms with Crippen LogP contribution in [0.5, 0.6) is 0 Å². The Labute approximate surface area is 104 Å². The summed E-state index contributed by atoms with van der Waals surface area (Å²) in [4.78, 5) is 11.6. The number of carbonyl (C=O) groups excluding carboxylic acids is 1. The van der Waals surface area contributed by atoms with E-state index in [1.54, 1.807) is 18.3 Å². The molecule has 1 aromatic carbocycles. The zero-order chi connectivity index (χ0) is 12.1. The highest BCUT2D eigenvalue weighted by atomic mass is 35.5. The first kappa shape index (κ1) is 13.0. The number of amides is 1. The Kier molecular flexibility index (Phi) is 4.77. The fourth-order valence-electron chi connectivity index (χ4n) is 0.979. The lowest BCUT2D eigenvalue weighted by Gasteiger charge is -2.03. The predicted molar refractivity (Wildman–Crippen MR) is 67.3 cm³/mol. The lowest BCUT2D eigenvalue weighted by Crippen LogP contribution is -2.18. The molecule has 3 nitrogen and oxygen atoms in total. The first-order valence-electron chi connectivity index (χ1n) is 4.79. The fourth-order valence-corrected chi connectivity index (χ4v) is 1.47. The summed E-state index contributed by atoms with van der Waals surface area (Å²) in [5, 5.41) is 4.60. The van der Waals surface area contributed by atoms with Gasteiger partial charge in [0.25, 0.3) is 5.91 Å². The van der Waals surface area contributed by atoms with Crippen molar-refractivity contribution in [2.24, 2.45) is 11.0 Å². The molecule has 1 N–H and O–H groups in total. The van der Waals surface area contributed by atoms with E-state index >= 15 is 0 Å². The van der Waals surface area contributed by atoms with Gasteiger partial charge in [0.1, 0.15) is 0 Å². The van der Waals surface area contributed by atoms with E-state index in [4.69, 9.17) is 23.2 Å². The van der Waals surface area contributed by atoms with Crippen LogP contribution in [0.4, 0.5) is 0 Å². The van der Waals surface area contributed by atoms with Gasteiger partial charge in [0, 0.05) is 11.2 Å². The average Bonchev–Trinajstić information content (AvgIpc) is 2.16. The quantitative estimate of drug-likeness (QED) is 0.656. The van der Waals surface area contributed by atoms with Crippen LogP contribution in [0.2, 0.25) is 10.0 Å². The molecule has 0 radical (unpaired) electrons. The summed E-state index contributed by atoms with van der Waals surface area (Å²) in [6.07, 6.45) is 1.64. The highest BCUT2D eigenvalue weighted by Gasteiger charge is 2.09. The van der Waals surface area contributed by atoms with Gasteiger partial charge in [-0.2, -0.15) is 5.10 Å². The molecule has 1 aromatic rings. The van der Waals surface area contributed by atoms with Gasteiger partial charge in [-0.05, 0) is 24.1 Å². The Morgan fingerprint density at radius 1 is 1.44 bits per heavy atom. The molecule has 0 aliphatic carbocycles. The molecule has 0 bridgehead atoms. The van der Waals surface area contributed by atoms with Crippen molar-refractivity contribution in [2.45, 2.75) is 13.8 Å². The monoisotopic (exact) mass is 258 g/mol. The molecule has 1 amide bonds. The lowest BCUT2D eigenvalue weighted by molar-refractivity contribution is 0.0955. The maximum Gasteiger partial charge on any atom is 0.272 e. The molecular weight excluding hydrogens is 247 g/mol. The fraction of sp³-hybridized carbons (Fsp3) is 0.273. The van der Waals surface area contributed by atoms with E-state index in [0.29, 0.717) is 15.6 Å². The SMILES string of the molecule is CC(C)/C=N\NC(=O)c1ccc(Cl)cc1Cl. The third-order valence-corrected chi connectivity index (χ3v) is 2.26. The molecule has 0 spiro atoms. The molecule has 0 aromatic heterocycles. The minimum atomic E-state index is -0.349. The smallest absolute Gasteiger partial charge is 0.267 e. The van der Waals surface area contributed by atoms with E-state index in [0.717, 1.165) is 0 Å². The molecule has 0 atom stereocenters. The maximum absolute atomic E-state index is 11.6. The summed E-state index contributed by atoms with van der Waals surface area (Å²) < 4.78 is 0. The number of hydrogen-bond donors (Lipinski definition) is 1. The van der Waals surface area contributed by atoms with Crippen LogP contribution in [0, 0.1) is 5.92 Å². The van der Waals surface area contributed by atoms with Gasteiger partial charge in [0.2, 0.25) is 0 Å². The second-order valence-electron chi connectivity index (χ2n) is 3.59. The highest BCUT2D eigenvalue weighted by molar-refractivity contribution is 6.36. The van der Waals surface area contributed by atoms with Crippen LogP contribution >= 0.6 is 23.2 Å². The van der Waals surface area contributed by atoms with E-state index in [1.807, 2.05) is 13.8 Å². The van der Waals surface area contributed by atoms with Gasteiger partial charge in [-0.3, -0.25) is 4.79 Å². The Morgan fingerprint density at radius 2 is 2.12 bits per heavy atom. The molecule has 16 heavy (non-hydrogen) atoms. The van der Waals surface area contributed by atoms with E-state index < -0.39 is 0 Å². The van der Waals surface area contributed by atoms with Crippen LogP contribution in [0.3, 0.4) is 0 Å². The summed E-state index contributed by atoms with van der Waals surface area (Å²) >= 11 is 11.6. The van der Waals surface area contributed by atoms with Crippen LogP contribution in [-0.2, 0) is 0 Å². The zero-order valence-electron chi connectivity index (χ0n) is 9.00. The predicted octanol–water partition coefficient (Wildman–Crippen LogP) is 3.37. The zero-order valence-corrected chi connectivity index (χ0v) is 10.5. The first-order valence-corrected chi connectivity index (χ1v) is 5.55. The lowest BCUT2D eigenvalue weighted by atomic mass is 10.2. The first-order chi connectivity index (χ1) is 7.50. The molecule has 0 aliphatic rings. The minimum absolute atomic E-state index is 0.279. The van der Waals surface area contributed by atoms with Crippen LogP contribution in [0.1, 0.15) is 24.2 Å². The molecule has 1 rings (SSSR count). The van der Waals surface area contributed by atoms with Crippen molar-refractivity contribution in [1.82, 2.24) is 5.43 Å². The standard InChI is InChI=1S/C11H12Cl2N2O/c1-7(2)6-14-15-11(16)9-4-3-8(12)5-10(9)13/h3-7H,1-2H3,(H,15,16)/b14-6-. The maximum atomic E-state index is 11.6. The molecule has 0 aliphatic heterocycles. The average molecular weight is 259 g/mol. The van der Waals surface area contributed by atoms with Crippen LogP contribution in [0.15, 0.2) is 23.3 Å². The number of hydrazone groups is 1. The summed E-state index contributed by atoms with van der Waals surface area (Å²) in [6, 6.07) is 4.68. The topological polar surface area (TPSA) is 41.5 Å². The normalized spacial score (nSPS) is 11.1. The van der Waals surface area contributed by atoms with Gasteiger partial charge >= 0.3 is 0 Å². The molecule has 5 heteroatoms. The Morgan fingerprint density at radius 3 is 2.69 bits per heavy atom. The van der Waals surface area contributed by atoms with E-state index in [-0.39, 0.29) is 11.8 Å². The highest BCUT2D eigenvalue weighted by Crippen LogP contribution is 2.20. The molecule has 0 saturated carbocycles. The van der Waals surface area contributed by atoms with Crippen molar-refractivity contribution < 1.29 is 4.79 Å². The van der Waals surface area contributed by atoms with Gasteiger partial charge in [-0.15, -0.1) is 0 Å². The number of halogens is 2. The molecule has 0 fully saturated rings. The number of nitrogens with one attached hydrogen (secondary N) is 1. The van der Waals surface area contributed by atoms with Crippen molar-refractivity contribution in [3.63, 3.8) is 0 Å². The number of benzene rings is 1. The molecule has 86 valence electrons. The number of hydrogen-bond acceptors (Lipinski definition) is 2. The summed E-state index contributed by atoms with van der Waals surface area (Å²) in [5.41, 5.74) is 2.75. The van der Waals surface area contributed by atoms with E-state index in [9.17, 15) is 4.79 Å². The van der Waals surface area contributed by atoms with Crippen molar-refractivity contribution >= 4 is 35.3 Å². The third kappa shape index (κ3) is 3.83. The van der Waals surface area contributed by atoms with Crippen molar-refractivity contribution in [1.29, 1.82) is 0 Å². The number of rotatable bonds is 3. The second kappa shape index (κ2) is 5.87. The summed E-state index contributed by atoms with van der Waals surface area (Å²) in [5.74, 6) is -0.0699. The number of nitrogens with zero attached hydrogens (tertiary/aromatic N) is 1. The summed E-state index contributed by atoms with van der Waals surface area (Å²) in [7, 11) is 0. The summed E-state index contributed by atoms with van der Waals surface area (Å²) in [6.45, 7) is 3.93. The Bertz CT molecular complexity index is 416. The largest absolute Gasteiger partial charge is 0.272 e. The van der Waals surface area contributed by atoms with Crippen molar-refractivity contribution in [3.8, 4) is 0 Å². The van der Waals surface area contributed by atoms with E-state index in [2.05, 4.69) is 10.5 Å². The van der Waals surface area contributed by atoms with Crippen LogP contribution in [0.25, 0.3) is 0 Å². The second-order valence-corrected chi connectivity index (χ2v) is 4.43. The van der Waals surface area contributed by atoms with Crippen molar-refractivity contribution in [3.05, 3.63) is 33.8 Å². The van der Waals surface area contributed by atoms with Gasteiger partial charge in [0.05, 0.1) is 10.6 Å². The molecule has 0 unspecified atom stereocenters. The van der Waals surface area contributed by atoms with Gasteiger partial charge in [-0.1, -0.05) is 37.0 Å².